The highest BCUT2D eigenvalue weighted by atomic mass is 19.4. The van der Waals surface area contributed by atoms with Gasteiger partial charge in [0.05, 0.1) is 17.9 Å². The molecule has 0 fully saturated rings. The molecule has 0 atom stereocenters. The lowest BCUT2D eigenvalue weighted by Crippen LogP contribution is -2.29. The zero-order valence-electron chi connectivity index (χ0n) is 18.2. The van der Waals surface area contributed by atoms with Crippen LogP contribution in [-0.2, 0) is 6.18 Å². The van der Waals surface area contributed by atoms with Gasteiger partial charge in [0.1, 0.15) is 23.5 Å². The van der Waals surface area contributed by atoms with Crippen molar-refractivity contribution < 1.29 is 31.9 Å². The average Bonchev–Trinajstić information content (AvgIpc) is 3.24. The summed E-state index contributed by atoms with van der Waals surface area (Å²) in [7, 11) is 0. The smallest absolute Gasteiger partial charge is 0.420 e. The molecule has 35 heavy (non-hydrogen) atoms. The van der Waals surface area contributed by atoms with Crippen molar-refractivity contribution in [2.75, 3.05) is 24.2 Å². The van der Waals surface area contributed by atoms with Crippen molar-refractivity contribution in [1.29, 1.82) is 0 Å². The van der Waals surface area contributed by atoms with E-state index in [-0.39, 0.29) is 30.0 Å². The summed E-state index contributed by atoms with van der Waals surface area (Å²) in [6.07, 6.45) is -4.75. The Labute approximate surface area is 197 Å². The van der Waals surface area contributed by atoms with Crippen molar-refractivity contribution in [2.45, 2.75) is 6.18 Å². The van der Waals surface area contributed by atoms with Gasteiger partial charge in [0.25, 0.3) is 11.8 Å². The van der Waals surface area contributed by atoms with Crippen LogP contribution in [0.15, 0.2) is 77.2 Å². The Morgan fingerprint density at radius 2 is 1.60 bits per heavy atom. The normalized spacial score (nSPS) is 11.3. The van der Waals surface area contributed by atoms with E-state index in [4.69, 9.17) is 14.9 Å². The van der Waals surface area contributed by atoms with Gasteiger partial charge in [-0.05, 0) is 42.5 Å². The molecule has 0 spiro atoms. The number of hydrogen-bond acceptors (Lipinski definition) is 5. The van der Waals surface area contributed by atoms with E-state index in [1.165, 1.54) is 24.3 Å². The van der Waals surface area contributed by atoms with Crippen molar-refractivity contribution in [3.63, 3.8) is 0 Å². The number of halogens is 3. The molecule has 1 heterocycles. The van der Waals surface area contributed by atoms with Crippen LogP contribution in [0.25, 0.3) is 11.0 Å². The van der Waals surface area contributed by atoms with Crippen molar-refractivity contribution in [2.24, 2.45) is 0 Å². The second-order valence-corrected chi connectivity index (χ2v) is 7.47. The van der Waals surface area contributed by atoms with Crippen LogP contribution in [0.2, 0.25) is 0 Å². The average molecular weight is 483 g/mol. The number of nitrogens with two attached hydrogens (primary N) is 1. The minimum atomic E-state index is -4.75. The minimum Gasteiger partial charge on any atom is -0.492 e. The van der Waals surface area contributed by atoms with E-state index in [0.29, 0.717) is 22.7 Å². The van der Waals surface area contributed by atoms with E-state index in [0.717, 1.165) is 0 Å². The molecule has 0 saturated carbocycles. The number of ether oxygens (including phenoxy) is 1. The van der Waals surface area contributed by atoms with Crippen LogP contribution in [-0.4, -0.2) is 25.0 Å². The molecule has 0 saturated heterocycles. The fourth-order valence-electron chi connectivity index (χ4n) is 3.41. The summed E-state index contributed by atoms with van der Waals surface area (Å²) < 4.78 is 51.2. The number of carbonyl (C=O) groups excluding carboxylic acids is 2. The number of furan rings is 1. The lowest BCUT2D eigenvalue weighted by atomic mass is 10.1. The Morgan fingerprint density at radius 3 is 2.31 bits per heavy atom. The summed E-state index contributed by atoms with van der Waals surface area (Å²) in [5.41, 5.74) is 5.98. The summed E-state index contributed by atoms with van der Waals surface area (Å²) >= 11 is 0. The van der Waals surface area contributed by atoms with Gasteiger partial charge in [-0.1, -0.05) is 30.3 Å². The van der Waals surface area contributed by atoms with Crippen LogP contribution < -0.4 is 21.1 Å². The molecule has 0 unspecified atom stereocenters. The van der Waals surface area contributed by atoms with Crippen LogP contribution >= 0.6 is 0 Å². The largest absolute Gasteiger partial charge is 0.492 e. The van der Waals surface area contributed by atoms with E-state index < -0.39 is 23.4 Å². The fraction of sp³-hybridized carbons (Fsp3) is 0.120. The van der Waals surface area contributed by atoms with Gasteiger partial charge in [-0.15, -0.1) is 0 Å². The molecule has 4 N–H and O–H groups in total. The summed E-state index contributed by atoms with van der Waals surface area (Å²) in [5, 5.41) is 4.90. The van der Waals surface area contributed by atoms with Gasteiger partial charge in [-0.25, -0.2) is 0 Å². The van der Waals surface area contributed by atoms with E-state index in [2.05, 4.69) is 10.6 Å². The summed E-state index contributed by atoms with van der Waals surface area (Å²) in [5.74, 6) is -1.74. The Balaban J connectivity index is 1.32. The molecule has 0 radical (unpaired) electrons. The number of nitrogens with one attached hydrogen (secondary N) is 2. The van der Waals surface area contributed by atoms with Gasteiger partial charge in [-0.2, -0.15) is 13.2 Å². The maximum atomic E-state index is 13.5. The molecular weight excluding hydrogens is 463 g/mol. The number of para-hydroxylation sites is 3. The predicted octanol–water partition coefficient (Wildman–Crippen LogP) is 5.09. The maximum Gasteiger partial charge on any atom is 0.420 e. The number of rotatable bonds is 7. The molecule has 0 aliphatic heterocycles. The highest BCUT2D eigenvalue weighted by Crippen LogP contribution is 2.39. The first-order valence-electron chi connectivity index (χ1n) is 10.5. The van der Waals surface area contributed by atoms with Gasteiger partial charge in [0, 0.05) is 10.9 Å². The summed E-state index contributed by atoms with van der Waals surface area (Å²) in [4.78, 5) is 24.7. The Hall–Kier alpha value is -4.47. The second kappa shape index (κ2) is 9.80. The fourth-order valence-corrected chi connectivity index (χ4v) is 3.41. The zero-order valence-corrected chi connectivity index (χ0v) is 18.2. The van der Waals surface area contributed by atoms with Gasteiger partial charge < -0.3 is 25.5 Å². The molecule has 7 nitrogen and oxygen atoms in total. The Morgan fingerprint density at radius 1 is 0.914 bits per heavy atom. The second-order valence-electron chi connectivity index (χ2n) is 7.47. The monoisotopic (exact) mass is 483 g/mol. The first kappa shape index (κ1) is 23.7. The summed E-state index contributed by atoms with van der Waals surface area (Å²) in [6.45, 7) is -0.0812. The third-order valence-corrected chi connectivity index (χ3v) is 5.07. The lowest BCUT2D eigenvalue weighted by molar-refractivity contribution is -0.137. The zero-order chi connectivity index (χ0) is 25.0. The number of fused-ring (bicyclic) bond motifs is 1. The molecule has 0 aliphatic rings. The van der Waals surface area contributed by atoms with Crippen LogP contribution in [0.3, 0.4) is 0 Å². The Bertz CT molecular complexity index is 1360. The van der Waals surface area contributed by atoms with Crippen LogP contribution in [0.4, 0.5) is 24.5 Å². The first-order valence-corrected chi connectivity index (χ1v) is 10.5. The molecule has 3 aromatic carbocycles. The minimum absolute atomic E-state index is 0.0145. The number of amides is 2. The quantitative estimate of drug-likeness (QED) is 0.251. The molecule has 0 bridgehead atoms. The van der Waals surface area contributed by atoms with Crippen molar-refractivity contribution in [1.82, 2.24) is 5.32 Å². The highest BCUT2D eigenvalue weighted by molar-refractivity contribution is 6.05. The van der Waals surface area contributed by atoms with Crippen molar-refractivity contribution in [3.8, 4) is 5.75 Å². The van der Waals surface area contributed by atoms with Gasteiger partial charge in [0.15, 0.2) is 0 Å². The van der Waals surface area contributed by atoms with Gasteiger partial charge in [-0.3, -0.25) is 9.59 Å². The van der Waals surface area contributed by atoms with Crippen LogP contribution in [0.1, 0.15) is 26.5 Å². The number of hydrogen-bond donors (Lipinski definition) is 3. The lowest BCUT2D eigenvalue weighted by Gasteiger charge is -2.10. The molecule has 4 aromatic rings. The third kappa shape index (κ3) is 5.37. The molecule has 10 heteroatoms. The van der Waals surface area contributed by atoms with Crippen molar-refractivity contribution in [3.05, 3.63) is 89.7 Å². The van der Waals surface area contributed by atoms with Crippen LogP contribution in [0.5, 0.6) is 5.75 Å². The molecular formula is C25H20F3N3O4. The molecule has 0 aliphatic carbocycles. The third-order valence-electron chi connectivity index (χ3n) is 5.07. The predicted molar refractivity (Wildman–Crippen MR) is 124 cm³/mol. The molecule has 2 amide bonds. The first-order chi connectivity index (χ1) is 16.7. The van der Waals surface area contributed by atoms with Gasteiger partial charge in [0.2, 0.25) is 5.76 Å². The number of alkyl halides is 3. The van der Waals surface area contributed by atoms with E-state index in [1.807, 2.05) is 0 Å². The van der Waals surface area contributed by atoms with Crippen molar-refractivity contribution >= 4 is 34.2 Å². The van der Waals surface area contributed by atoms with E-state index >= 15 is 0 Å². The van der Waals surface area contributed by atoms with E-state index in [1.54, 1.807) is 48.5 Å². The number of benzene rings is 3. The Kier molecular flexibility index (Phi) is 6.63. The standard InChI is InChI=1S/C25H20F3N3O4/c26-25(27,28)21-17-5-1-4-8-20(17)35-22(21)24(33)30-13-14-34-16-11-9-15(10-12-16)23(32)31-19-7-3-2-6-18(19)29/h1-12H,13-14,29H2,(H,30,33)(H,31,32). The van der Waals surface area contributed by atoms with Crippen LogP contribution in [0, 0.1) is 0 Å². The molecule has 1 aromatic heterocycles. The maximum absolute atomic E-state index is 13.5. The highest BCUT2D eigenvalue weighted by Gasteiger charge is 2.40. The number of carbonyl (C=O) groups is 2. The number of nitrogen functional groups attached to an aromatic ring is 1. The molecule has 4 rings (SSSR count). The topological polar surface area (TPSA) is 107 Å². The molecule has 180 valence electrons. The summed E-state index contributed by atoms with van der Waals surface area (Å²) in [6, 6.07) is 18.7. The van der Waals surface area contributed by atoms with Gasteiger partial charge >= 0.3 is 6.18 Å². The number of anilines is 2. The SMILES string of the molecule is Nc1ccccc1NC(=O)c1ccc(OCCNC(=O)c2oc3ccccc3c2C(F)(F)F)cc1. The van der Waals surface area contributed by atoms with E-state index in [9.17, 15) is 22.8 Å².